The fraction of sp³-hybridized carbons (Fsp3) is 0.0909. The van der Waals surface area contributed by atoms with Gasteiger partial charge in [0.1, 0.15) is 6.04 Å². The Balaban J connectivity index is 2.51. The lowest BCUT2D eigenvalue weighted by Gasteiger charge is -2.07. The topological polar surface area (TPSA) is 76.2 Å². The zero-order chi connectivity index (χ0) is 10.8. The lowest BCUT2D eigenvalue weighted by Crippen LogP contribution is -2.20. The predicted molar refractivity (Wildman–Crippen MR) is 56.3 cm³/mol. The van der Waals surface area contributed by atoms with E-state index in [1.165, 1.54) is 0 Å². The van der Waals surface area contributed by atoms with Crippen molar-refractivity contribution in [3.8, 4) is 0 Å². The summed E-state index contributed by atoms with van der Waals surface area (Å²) in [5.74, 6) is -1.04. The minimum atomic E-state index is -1.04. The number of carbonyl (C=O) groups is 1. The van der Waals surface area contributed by atoms with Gasteiger partial charge in [0.25, 0.3) is 0 Å². The van der Waals surface area contributed by atoms with Crippen LogP contribution in [0.15, 0.2) is 36.5 Å². The second kappa shape index (κ2) is 3.67. The van der Waals surface area contributed by atoms with Crippen molar-refractivity contribution in [1.29, 1.82) is 0 Å². The number of carboxylic acid groups (broad SMARTS) is 1. The molecular weight excluding hydrogens is 192 g/mol. The third-order valence-electron chi connectivity index (χ3n) is 2.26. The molecular formula is C11H10N2O2. The van der Waals surface area contributed by atoms with Crippen LogP contribution in [0.25, 0.3) is 10.9 Å². The third kappa shape index (κ3) is 1.80. The molecule has 0 spiro atoms. The first-order chi connectivity index (χ1) is 7.18. The summed E-state index contributed by atoms with van der Waals surface area (Å²) in [6.07, 6.45) is 1.67. The van der Waals surface area contributed by atoms with Crippen LogP contribution in [0.5, 0.6) is 0 Å². The number of aliphatic carboxylic acids is 1. The highest BCUT2D eigenvalue weighted by molar-refractivity contribution is 5.82. The summed E-state index contributed by atoms with van der Waals surface area (Å²) in [6.45, 7) is 0. The van der Waals surface area contributed by atoms with Gasteiger partial charge in [-0.05, 0) is 17.7 Å². The fourth-order valence-electron chi connectivity index (χ4n) is 1.42. The molecule has 0 fully saturated rings. The van der Waals surface area contributed by atoms with Crippen LogP contribution in [0.4, 0.5) is 0 Å². The summed E-state index contributed by atoms with van der Waals surface area (Å²) in [5, 5.41) is 9.73. The monoisotopic (exact) mass is 202 g/mol. The van der Waals surface area contributed by atoms with Gasteiger partial charge in [-0.3, -0.25) is 9.78 Å². The summed E-state index contributed by atoms with van der Waals surface area (Å²) < 4.78 is 0. The molecule has 0 aliphatic rings. The van der Waals surface area contributed by atoms with Crippen molar-refractivity contribution >= 4 is 16.9 Å². The maximum absolute atomic E-state index is 10.7. The van der Waals surface area contributed by atoms with Gasteiger partial charge < -0.3 is 10.8 Å². The van der Waals surface area contributed by atoms with E-state index in [2.05, 4.69) is 4.98 Å². The number of nitrogens with zero attached hydrogens (tertiary/aromatic N) is 1. The molecule has 0 aliphatic heterocycles. The average Bonchev–Trinajstić information content (AvgIpc) is 2.27. The molecule has 0 saturated heterocycles. The smallest absolute Gasteiger partial charge is 0.325 e. The van der Waals surface area contributed by atoms with Crippen LogP contribution in [0, 0.1) is 0 Å². The fourth-order valence-corrected chi connectivity index (χ4v) is 1.42. The molecule has 15 heavy (non-hydrogen) atoms. The van der Waals surface area contributed by atoms with Crippen molar-refractivity contribution in [3.05, 3.63) is 42.1 Å². The van der Waals surface area contributed by atoms with Crippen LogP contribution in [0.3, 0.4) is 0 Å². The molecule has 2 rings (SSSR count). The van der Waals surface area contributed by atoms with E-state index in [0.29, 0.717) is 5.56 Å². The Kier molecular flexibility index (Phi) is 2.35. The van der Waals surface area contributed by atoms with Gasteiger partial charge in [-0.1, -0.05) is 18.2 Å². The van der Waals surface area contributed by atoms with Gasteiger partial charge in [0, 0.05) is 11.6 Å². The third-order valence-corrected chi connectivity index (χ3v) is 2.26. The summed E-state index contributed by atoms with van der Waals surface area (Å²) in [7, 11) is 0. The minimum Gasteiger partial charge on any atom is -0.480 e. The first kappa shape index (κ1) is 9.61. The summed E-state index contributed by atoms with van der Waals surface area (Å²) in [5.41, 5.74) is 6.82. The molecule has 0 bridgehead atoms. The molecule has 4 nitrogen and oxygen atoms in total. The average molecular weight is 202 g/mol. The van der Waals surface area contributed by atoms with E-state index in [1.54, 1.807) is 18.3 Å². The highest BCUT2D eigenvalue weighted by Gasteiger charge is 2.14. The van der Waals surface area contributed by atoms with E-state index in [9.17, 15) is 4.79 Å². The largest absolute Gasteiger partial charge is 0.480 e. The minimum absolute atomic E-state index is 0.564. The normalized spacial score (nSPS) is 12.6. The van der Waals surface area contributed by atoms with Crippen LogP contribution in [-0.4, -0.2) is 16.1 Å². The second-order valence-corrected chi connectivity index (χ2v) is 3.27. The molecule has 76 valence electrons. The van der Waals surface area contributed by atoms with Crippen LogP contribution >= 0.6 is 0 Å². The Morgan fingerprint density at radius 3 is 2.93 bits per heavy atom. The van der Waals surface area contributed by atoms with Gasteiger partial charge in [-0.2, -0.15) is 0 Å². The first-order valence-electron chi connectivity index (χ1n) is 4.51. The van der Waals surface area contributed by atoms with Crippen LogP contribution in [0.2, 0.25) is 0 Å². The number of carboxylic acids is 1. The van der Waals surface area contributed by atoms with E-state index in [1.807, 2.05) is 18.2 Å². The SMILES string of the molecule is N[C@@H](C(=O)O)c1ccc2cccnc2c1. The van der Waals surface area contributed by atoms with Crippen LogP contribution in [0.1, 0.15) is 11.6 Å². The maximum Gasteiger partial charge on any atom is 0.325 e. The Hall–Kier alpha value is -1.94. The Morgan fingerprint density at radius 2 is 2.20 bits per heavy atom. The number of pyridine rings is 1. The molecule has 4 heteroatoms. The molecule has 2 aromatic rings. The van der Waals surface area contributed by atoms with Gasteiger partial charge in [-0.15, -0.1) is 0 Å². The number of aromatic nitrogens is 1. The molecule has 0 amide bonds. The predicted octanol–water partition coefficient (Wildman–Crippen LogP) is 1.32. The highest BCUT2D eigenvalue weighted by atomic mass is 16.4. The molecule has 0 saturated carbocycles. The zero-order valence-electron chi connectivity index (χ0n) is 7.92. The van der Waals surface area contributed by atoms with Gasteiger partial charge in [-0.25, -0.2) is 0 Å². The van der Waals surface area contributed by atoms with Gasteiger partial charge in [0.2, 0.25) is 0 Å². The molecule has 1 aromatic heterocycles. The van der Waals surface area contributed by atoms with Gasteiger partial charge in [0.05, 0.1) is 5.52 Å². The number of hydrogen-bond donors (Lipinski definition) is 2. The number of fused-ring (bicyclic) bond motifs is 1. The summed E-state index contributed by atoms with van der Waals surface area (Å²) in [6, 6.07) is 7.99. The van der Waals surface area contributed by atoms with Crippen molar-refractivity contribution in [2.24, 2.45) is 5.73 Å². The number of hydrogen-bond acceptors (Lipinski definition) is 3. The molecule has 1 heterocycles. The quantitative estimate of drug-likeness (QED) is 0.770. The lowest BCUT2D eigenvalue weighted by molar-refractivity contribution is -0.138. The van der Waals surface area contributed by atoms with Crippen molar-refractivity contribution in [1.82, 2.24) is 4.98 Å². The number of nitrogens with two attached hydrogens (primary N) is 1. The van der Waals surface area contributed by atoms with Crippen molar-refractivity contribution in [2.45, 2.75) is 6.04 Å². The van der Waals surface area contributed by atoms with E-state index in [0.717, 1.165) is 10.9 Å². The summed E-state index contributed by atoms with van der Waals surface area (Å²) in [4.78, 5) is 14.8. The summed E-state index contributed by atoms with van der Waals surface area (Å²) >= 11 is 0. The van der Waals surface area contributed by atoms with Crippen LogP contribution < -0.4 is 5.73 Å². The van der Waals surface area contributed by atoms with Crippen molar-refractivity contribution in [3.63, 3.8) is 0 Å². The molecule has 0 unspecified atom stereocenters. The highest BCUT2D eigenvalue weighted by Crippen LogP contribution is 2.17. The zero-order valence-corrected chi connectivity index (χ0v) is 7.92. The van der Waals surface area contributed by atoms with Crippen LogP contribution in [-0.2, 0) is 4.79 Å². The molecule has 1 aromatic carbocycles. The molecule has 0 radical (unpaired) electrons. The Bertz CT molecular complexity index is 511. The molecule has 1 atom stereocenters. The van der Waals surface area contributed by atoms with E-state index < -0.39 is 12.0 Å². The molecule has 3 N–H and O–H groups in total. The van der Waals surface area contributed by atoms with Crippen molar-refractivity contribution in [2.75, 3.05) is 0 Å². The standard InChI is InChI=1S/C11H10N2O2/c12-10(11(14)15)8-4-3-7-2-1-5-13-9(7)6-8/h1-6,10H,12H2,(H,14,15)/t10-/m1/s1. The Labute approximate surface area is 86.4 Å². The first-order valence-corrected chi connectivity index (χ1v) is 4.51. The number of benzene rings is 1. The van der Waals surface area contributed by atoms with Gasteiger partial charge >= 0.3 is 5.97 Å². The maximum atomic E-state index is 10.7. The van der Waals surface area contributed by atoms with Crippen molar-refractivity contribution < 1.29 is 9.90 Å². The lowest BCUT2D eigenvalue weighted by atomic mass is 10.1. The Morgan fingerprint density at radius 1 is 1.40 bits per heavy atom. The second-order valence-electron chi connectivity index (χ2n) is 3.27. The van der Waals surface area contributed by atoms with E-state index in [4.69, 9.17) is 10.8 Å². The number of rotatable bonds is 2. The van der Waals surface area contributed by atoms with E-state index in [-0.39, 0.29) is 0 Å². The molecule has 0 aliphatic carbocycles. The van der Waals surface area contributed by atoms with Gasteiger partial charge in [0.15, 0.2) is 0 Å². The van der Waals surface area contributed by atoms with E-state index >= 15 is 0 Å².